The Bertz CT molecular complexity index is 576. The van der Waals surface area contributed by atoms with Gasteiger partial charge in [-0.2, -0.15) is 0 Å². The second kappa shape index (κ2) is 7.98. The highest BCUT2D eigenvalue weighted by molar-refractivity contribution is 7.10. The number of thiophene rings is 1. The molecular weight excluding hydrogens is 298 g/mol. The van der Waals surface area contributed by atoms with Crippen molar-refractivity contribution in [1.82, 2.24) is 5.32 Å². The van der Waals surface area contributed by atoms with Crippen molar-refractivity contribution in [3.8, 4) is 0 Å². The second-order valence-electron chi connectivity index (χ2n) is 5.26. The standard InChI is InChI=1S/C18H24ClNS/c1-4-10-20-17(18-16(19)9-11-21-18)15-12-13(5-2)7-8-14(15)6-3/h7-9,11-12,17,20H,4-6,10H2,1-3H3. The van der Waals surface area contributed by atoms with Gasteiger partial charge in [-0.3, -0.25) is 0 Å². The first-order chi connectivity index (χ1) is 10.2. The zero-order valence-corrected chi connectivity index (χ0v) is 14.7. The Morgan fingerprint density at radius 2 is 1.95 bits per heavy atom. The van der Waals surface area contributed by atoms with Crippen LogP contribution < -0.4 is 5.32 Å². The van der Waals surface area contributed by atoms with Crippen molar-refractivity contribution >= 4 is 22.9 Å². The summed E-state index contributed by atoms with van der Waals surface area (Å²) < 4.78 is 0. The average Bonchev–Trinajstić information content (AvgIpc) is 2.93. The molecule has 1 aromatic heterocycles. The molecule has 0 amide bonds. The van der Waals surface area contributed by atoms with Crippen LogP contribution in [0.4, 0.5) is 0 Å². The van der Waals surface area contributed by atoms with E-state index in [2.05, 4.69) is 49.7 Å². The summed E-state index contributed by atoms with van der Waals surface area (Å²) in [5.41, 5.74) is 4.18. The molecule has 1 heterocycles. The summed E-state index contributed by atoms with van der Waals surface area (Å²) in [5, 5.41) is 6.63. The highest BCUT2D eigenvalue weighted by atomic mass is 35.5. The molecule has 0 saturated carbocycles. The molecule has 1 unspecified atom stereocenters. The fraction of sp³-hybridized carbons (Fsp3) is 0.444. The van der Waals surface area contributed by atoms with Crippen molar-refractivity contribution in [2.24, 2.45) is 0 Å². The third kappa shape index (κ3) is 3.88. The van der Waals surface area contributed by atoms with E-state index >= 15 is 0 Å². The topological polar surface area (TPSA) is 12.0 Å². The van der Waals surface area contributed by atoms with Crippen molar-refractivity contribution in [3.63, 3.8) is 0 Å². The van der Waals surface area contributed by atoms with Gasteiger partial charge >= 0.3 is 0 Å². The number of rotatable bonds is 7. The van der Waals surface area contributed by atoms with E-state index < -0.39 is 0 Å². The molecule has 3 heteroatoms. The van der Waals surface area contributed by atoms with Gasteiger partial charge in [-0.05, 0) is 53.9 Å². The lowest BCUT2D eigenvalue weighted by Gasteiger charge is -2.22. The smallest absolute Gasteiger partial charge is 0.0688 e. The van der Waals surface area contributed by atoms with Gasteiger partial charge in [-0.15, -0.1) is 11.3 Å². The fourth-order valence-corrected chi connectivity index (χ4v) is 3.86. The van der Waals surface area contributed by atoms with E-state index in [9.17, 15) is 0 Å². The third-order valence-electron chi connectivity index (χ3n) is 3.82. The molecule has 0 bridgehead atoms. The maximum atomic E-state index is 6.40. The van der Waals surface area contributed by atoms with Crippen molar-refractivity contribution in [1.29, 1.82) is 0 Å². The van der Waals surface area contributed by atoms with Gasteiger partial charge < -0.3 is 5.32 Å². The van der Waals surface area contributed by atoms with Gasteiger partial charge in [0.25, 0.3) is 0 Å². The summed E-state index contributed by atoms with van der Waals surface area (Å²) in [6, 6.07) is 9.07. The molecule has 2 aromatic rings. The van der Waals surface area contributed by atoms with Gasteiger partial charge in [0.2, 0.25) is 0 Å². The number of benzene rings is 1. The number of aryl methyl sites for hydroxylation is 2. The van der Waals surface area contributed by atoms with Gasteiger partial charge in [0.05, 0.1) is 11.1 Å². The lowest BCUT2D eigenvalue weighted by molar-refractivity contribution is 0.601. The quantitative estimate of drug-likeness (QED) is 0.698. The van der Waals surface area contributed by atoms with Gasteiger partial charge in [-0.1, -0.05) is 50.6 Å². The maximum absolute atomic E-state index is 6.40. The van der Waals surface area contributed by atoms with Crippen molar-refractivity contribution in [2.75, 3.05) is 6.54 Å². The Hall–Kier alpha value is -0.830. The Labute approximate surface area is 137 Å². The molecule has 0 fully saturated rings. The normalized spacial score (nSPS) is 12.6. The van der Waals surface area contributed by atoms with Gasteiger partial charge in [0.1, 0.15) is 0 Å². The van der Waals surface area contributed by atoms with Crippen molar-refractivity contribution < 1.29 is 0 Å². The van der Waals surface area contributed by atoms with Crippen LogP contribution in [0.3, 0.4) is 0 Å². The summed E-state index contributed by atoms with van der Waals surface area (Å²) in [7, 11) is 0. The van der Waals surface area contributed by atoms with Crippen LogP contribution in [-0.4, -0.2) is 6.54 Å². The maximum Gasteiger partial charge on any atom is 0.0688 e. The zero-order valence-electron chi connectivity index (χ0n) is 13.1. The molecule has 0 spiro atoms. The highest BCUT2D eigenvalue weighted by Gasteiger charge is 2.20. The predicted molar refractivity (Wildman–Crippen MR) is 94.7 cm³/mol. The fourth-order valence-electron chi connectivity index (χ4n) is 2.60. The number of hydrogen-bond donors (Lipinski definition) is 1. The van der Waals surface area contributed by atoms with E-state index in [1.807, 2.05) is 6.07 Å². The molecule has 114 valence electrons. The third-order valence-corrected chi connectivity index (χ3v) is 5.24. The first-order valence-electron chi connectivity index (χ1n) is 7.79. The monoisotopic (exact) mass is 321 g/mol. The first kappa shape index (κ1) is 16.5. The van der Waals surface area contributed by atoms with E-state index in [-0.39, 0.29) is 6.04 Å². The zero-order chi connectivity index (χ0) is 15.2. The van der Waals surface area contributed by atoms with Gasteiger partial charge in [-0.25, -0.2) is 0 Å². The highest BCUT2D eigenvalue weighted by Crippen LogP contribution is 2.35. The van der Waals surface area contributed by atoms with Crippen LogP contribution in [0.1, 0.15) is 54.8 Å². The molecule has 1 atom stereocenters. The van der Waals surface area contributed by atoms with Gasteiger partial charge in [0.15, 0.2) is 0 Å². The average molecular weight is 322 g/mol. The Morgan fingerprint density at radius 1 is 1.14 bits per heavy atom. The van der Waals surface area contributed by atoms with Crippen LogP contribution >= 0.6 is 22.9 Å². The lowest BCUT2D eigenvalue weighted by atomic mass is 9.94. The van der Waals surface area contributed by atoms with E-state index in [4.69, 9.17) is 11.6 Å². The molecule has 0 saturated heterocycles. The van der Waals surface area contributed by atoms with Gasteiger partial charge in [0, 0.05) is 4.88 Å². The van der Waals surface area contributed by atoms with Crippen LogP contribution in [0.15, 0.2) is 29.6 Å². The second-order valence-corrected chi connectivity index (χ2v) is 6.62. The first-order valence-corrected chi connectivity index (χ1v) is 9.04. The minimum atomic E-state index is 0.207. The largest absolute Gasteiger partial charge is 0.306 e. The summed E-state index contributed by atoms with van der Waals surface area (Å²) in [6.07, 6.45) is 3.23. The van der Waals surface area contributed by atoms with Crippen molar-refractivity contribution in [3.05, 3.63) is 56.2 Å². The van der Waals surface area contributed by atoms with E-state index in [0.29, 0.717) is 0 Å². The lowest BCUT2D eigenvalue weighted by Crippen LogP contribution is -2.24. The van der Waals surface area contributed by atoms with Crippen LogP contribution in [0.2, 0.25) is 5.02 Å². The molecule has 0 aliphatic carbocycles. The molecule has 1 aromatic carbocycles. The summed E-state index contributed by atoms with van der Waals surface area (Å²) in [4.78, 5) is 1.23. The molecule has 0 radical (unpaired) electrons. The number of hydrogen-bond acceptors (Lipinski definition) is 2. The summed E-state index contributed by atoms with van der Waals surface area (Å²) >= 11 is 8.14. The summed E-state index contributed by atoms with van der Waals surface area (Å²) in [5.74, 6) is 0. The SMILES string of the molecule is CCCNC(c1cc(CC)ccc1CC)c1sccc1Cl. The molecule has 21 heavy (non-hydrogen) atoms. The predicted octanol–water partition coefficient (Wildman–Crippen LogP) is 5.62. The Balaban J connectivity index is 2.47. The van der Waals surface area contributed by atoms with Crippen LogP contribution in [0.25, 0.3) is 0 Å². The summed E-state index contributed by atoms with van der Waals surface area (Å²) in [6.45, 7) is 7.62. The molecular formula is C18H24ClNS. The van der Waals surface area contributed by atoms with Crippen LogP contribution in [0, 0.1) is 0 Å². The van der Waals surface area contributed by atoms with E-state index in [1.54, 1.807) is 11.3 Å². The van der Waals surface area contributed by atoms with E-state index in [0.717, 1.165) is 30.8 Å². The van der Waals surface area contributed by atoms with Crippen LogP contribution in [0.5, 0.6) is 0 Å². The molecule has 1 nitrogen and oxygen atoms in total. The molecule has 2 rings (SSSR count). The molecule has 1 N–H and O–H groups in total. The minimum Gasteiger partial charge on any atom is -0.306 e. The Kier molecular flexibility index (Phi) is 6.28. The Morgan fingerprint density at radius 3 is 2.52 bits per heavy atom. The minimum absolute atomic E-state index is 0.207. The van der Waals surface area contributed by atoms with Crippen molar-refractivity contribution in [2.45, 2.75) is 46.1 Å². The van der Waals surface area contributed by atoms with E-state index in [1.165, 1.54) is 21.6 Å². The molecule has 0 aliphatic heterocycles. The molecule has 0 aliphatic rings. The van der Waals surface area contributed by atoms with Crippen LogP contribution in [-0.2, 0) is 12.8 Å². The number of halogens is 1. The number of nitrogens with one attached hydrogen (secondary N) is 1.